The molecule has 0 saturated carbocycles. The second-order valence-corrected chi connectivity index (χ2v) is 11.9. The Balaban J connectivity index is 2.06. The molecule has 0 saturated heterocycles. The summed E-state index contributed by atoms with van der Waals surface area (Å²) in [7, 11) is 0. The topological polar surface area (TPSA) is 28.1 Å². The zero-order valence-corrected chi connectivity index (χ0v) is 22.0. The molecule has 0 unspecified atom stereocenters. The van der Waals surface area contributed by atoms with Crippen LogP contribution in [-0.2, 0) is 5.41 Å². The maximum absolute atomic E-state index is 9.51. The van der Waals surface area contributed by atoms with Crippen molar-refractivity contribution in [1.82, 2.24) is 0 Å². The van der Waals surface area contributed by atoms with Crippen molar-refractivity contribution in [2.75, 3.05) is 0 Å². The molecule has 31 heavy (non-hydrogen) atoms. The van der Waals surface area contributed by atoms with Crippen LogP contribution in [-0.4, -0.2) is 5.54 Å². The number of nitriles is 1. The summed E-state index contributed by atoms with van der Waals surface area (Å²) in [5, 5.41) is 9.51. The van der Waals surface area contributed by atoms with Crippen LogP contribution < -0.4 is 0 Å². The van der Waals surface area contributed by atoms with E-state index in [1.807, 2.05) is 27.7 Å². The molecule has 0 radical (unpaired) electrons. The van der Waals surface area contributed by atoms with Crippen molar-refractivity contribution in [1.29, 1.82) is 5.26 Å². The molecule has 0 aromatic heterocycles. The minimum atomic E-state index is -0.331. The fraction of sp³-hybridized carbons (Fsp3) is 0.481. The van der Waals surface area contributed by atoms with Gasteiger partial charge in [0, 0.05) is 34.6 Å². The predicted molar refractivity (Wildman–Crippen MR) is 136 cm³/mol. The van der Waals surface area contributed by atoms with Crippen LogP contribution in [0.25, 0.3) is 16.0 Å². The summed E-state index contributed by atoms with van der Waals surface area (Å²) in [6.45, 7) is 15.6. The van der Waals surface area contributed by atoms with Gasteiger partial charge in [0.15, 0.2) is 0 Å². The molecule has 4 heteroatoms. The van der Waals surface area contributed by atoms with E-state index < -0.39 is 0 Å². The lowest BCUT2D eigenvalue weighted by Gasteiger charge is -2.34. The van der Waals surface area contributed by atoms with E-state index in [9.17, 15) is 5.26 Å². The van der Waals surface area contributed by atoms with Gasteiger partial charge in [-0.25, -0.2) is 6.57 Å². The third-order valence-corrected chi connectivity index (χ3v) is 7.67. The number of rotatable bonds is 8. The highest BCUT2D eigenvalue weighted by Crippen LogP contribution is 2.55. The van der Waals surface area contributed by atoms with Crippen LogP contribution in [0.4, 0.5) is 0 Å². The Morgan fingerprint density at radius 1 is 0.903 bits per heavy atom. The molecule has 0 bridgehead atoms. The van der Waals surface area contributed by atoms with Gasteiger partial charge in [-0.2, -0.15) is 5.26 Å². The molecule has 2 aromatic carbocycles. The average Bonchev–Trinajstić information content (AvgIpc) is 2.97. The molecule has 0 N–H and O–H groups in total. The van der Waals surface area contributed by atoms with Crippen molar-refractivity contribution >= 4 is 31.9 Å². The molecule has 2 nitrogen and oxygen atoms in total. The van der Waals surface area contributed by atoms with E-state index in [0.717, 1.165) is 47.5 Å². The molecule has 0 heterocycles. The minimum absolute atomic E-state index is 0.0954. The van der Waals surface area contributed by atoms with Gasteiger partial charge in [-0.15, -0.1) is 0 Å². The van der Waals surface area contributed by atoms with Gasteiger partial charge in [-0.05, 0) is 86.1 Å². The Morgan fingerprint density at radius 3 is 1.84 bits per heavy atom. The highest BCUT2D eigenvalue weighted by atomic mass is 79.9. The lowest BCUT2D eigenvalue weighted by molar-refractivity contribution is 0.352. The van der Waals surface area contributed by atoms with Crippen molar-refractivity contribution in [2.45, 2.75) is 77.2 Å². The average molecular weight is 542 g/mol. The summed E-state index contributed by atoms with van der Waals surface area (Å²) >= 11 is 7.41. The molecule has 0 aliphatic heterocycles. The molecular formula is C27H30Br2N2. The highest BCUT2D eigenvalue weighted by Gasteiger charge is 2.43. The van der Waals surface area contributed by atoms with E-state index >= 15 is 0 Å². The first-order valence-electron chi connectivity index (χ1n) is 10.9. The van der Waals surface area contributed by atoms with Gasteiger partial charge in [-0.3, -0.25) is 0 Å². The van der Waals surface area contributed by atoms with Crippen LogP contribution >= 0.6 is 31.9 Å². The number of benzene rings is 2. The fourth-order valence-electron chi connectivity index (χ4n) is 4.87. The Labute approximate surface area is 204 Å². The summed E-state index contributed by atoms with van der Waals surface area (Å²) in [4.78, 5) is 3.83. The molecular weight excluding hydrogens is 512 g/mol. The summed E-state index contributed by atoms with van der Waals surface area (Å²) in [6.07, 6.45) is 5.76. The molecule has 1 aliphatic rings. The maximum atomic E-state index is 9.51. The van der Waals surface area contributed by atoms with E-state index in [0.29, 0.717) is 0 Å². The molecule has 2 aromatic rings. The normalized spacial score (nSPS) is 14.5. The smallest absolute Gasteiger partial charge is 0.227 e. The van der Waals surface area contributed by atoms with E-state index in [1.54, 1.807) is 0 Å². The van der Waals surface area contributed by atoms with Crippen molar-refractivity contribution in [3.8, 4) is 17.2 Å². The van der Waals surface area contributed by atoms with Crippen molar-refractivity contribution in [2.24, 2.45) is 5.41 Å². The second kappa shape index (κ2) is 9.09. The van der Waals surface area contributed by atoms with Gasteiger partial charge in [0.25, 0.3) is 0 Å². The fourth-order valence-corrected chi connectivity index (χ4v) is 5.59. The van der Waals surface area contributed by atoms with Crippen LogP contribution in [0.5, 0.6) is 0 Å². The molecule has 0 atom stereocenters. The van der Waals surface area contributed by atoms with Gasteiger partial charge in [0.2, 0.25) is 5.54 Å². The summed E-state index contributed by atoms with van der Waals surface area (Å²) in [6, 6.07) is 15.8. The quantitative estimate of drug-likeness (QED) is 0.306. The molecule has 0 spiro atoms. The standard InChI is InChI=1S/C27H30Br2N2/c1-25(2,18-30)12-6-14-27(15-7-13-26(3,4)31-5)23-16-19(28)8-10-21(23)22-11-9-20(29)17-24(22)27/h8-11,16-17H,6-7,12-15H2,1-4H3. The van der Waals surface area contributed by atoms with Gasteiger partial charge < -0.3 is 4.85 Å². The Morgan fingerprint density at radius 2 is 1.39 bits per heavy atom. The first-order chi connectivity index (χ1) is 14.5. The second-order valence-electron chi connectivity index (χ2n) is 10.1. The van der Waals surface area contributed by atoms with E-state index in [-0.39, 0.29) is 16.4 Å². The van der Waals surface area contributed by atoms with Crippen LogP contribution in [0.1, 0.15) is 77.3 Å². The largest absolute Gasteiger partial charge is 0.311 e. The van der Waals surface area contributed by atoms with Crippen molar-refractivity contribution < 1.29 is 0 Å². The van der Waals surface area contributed by atoms with Gasteiger partial charge >= 0.3 is 0 Å². The predicted octanol–water partition coefficient (Wildman–Crippen LogP) is 9.07. The molecule has 162 valence electrons. The Hall–Kier alpha value is -1.62. The Kier molecular flexibility index (Phi) is 7.05. The molecule has 0 amide bonds. The third-order valence-electron chi connectivity index (χ3n) is 6.69. The number of hydrogen-bond donors (Lipinski definition) is 0. The monoisotopic (exact) mass is 540 g/mol. The lowest BCUT2D eigenvalue weighted by atomic mass is 9.69. The zero-order chi connectivity index (χ0) is 22.9. The number of halogens is 2. The molecule has 0 fully saturated rings. The van der Waals surface area contributed by atoms with E-state index in [1.165, 1.54) is 22.3 Å². The van der Waals surface area contributed by atoms with Gasteiger partial charge in [0.1, 0.15) is 0 Å². The van der Waals surface area contributed by atoms with Crippen LogP contribution in [0.2, 0.25) is 0 Å². The van der Waals surface area contributed by atoms with Crippen LogP contribution in [0.3, 0.4) is 0 Å². The van der Waals surface area contributed by atoms with E-state index in [4.69, 9.17) is 6.57 Å². The SMILES string of the molecule is [C-]#[N+]C(C)(C)CCCC1(CCCC(C)(C)C#N)c2cc(Br)ccc2-c2ccc(Br)cc21. The van der Waals surface area contributed by atoms with Crippen molar-refractivity contribution in [3.63, 3.8) is 0 Å². The number of nitrogens with zero attached hydrogens (tertiary/aromatic N) is 2. The number of fused-ring (bicyclic) bond motifs is 3. The Bertz CT molecular complexity index is 968. The first kappa shape index (κ1) is 24.0. The maximum Gasteiger partial charge on any atom is 0.227 e. The van der Waals surface area contributed by atoms with E-state index in [2.05, 4.69) is 79.2 Å². The minimum Gasteiger partial charge on any atom is -0.311 e. The molecule has 1 aliphatic carbocycles. The number of hydrogen-bond acceptors (Lipinski definition) is 1. The van der Waals surface area contributed by atoms with Crippen LogP contribution in [0, 0.1) is 23.3 Å². The summed E-state index contributed by atoms with van der Waals surface area (Å²) in [5.41, 5.74) is 4.65. The first-order valence-corrected chi connectivity index (χ1v) is 12.5. The zero-order valence-electron chi connectivity index (χ0n) is 18.9. The van der Waals surface area contributed by atoms with Gasteiger partial charge in [-0.1, -0.05) is 50.4 Å². The summed E-state index contributed by atoms with van der Waals surface area (Å²) < 4.78 is 2.20. The van der Waals surface area contributed by atoms with Crippen molar-refractivity contribution in [3.05, 3.63) is 67.9 Å². The van der Waals surface area contributed by atoms with Gasteiger partial charge in [0.05, 0.1) is 11.5 Å². The third kappa shape index (κ3) is 5.08. The highest BCUT2D eigenvalue weighted by molar-refractivity contribution is 9.10. The lowest BCUT2D eigenvalue weighted by Crippen LogP contribution is -2.27. The molecule has 3 rings (SSSR count). The summed E-state index contributed by atoms with van der Waals surface area (Å²) in [5.74, 6) is 0. The van der Waals surface area contributed by atoms with Crippen LogP contribution in [0.15, 0.2) is 45.3 Å².